The number of anilines is 2. The molecule has 5 nitrogen and oxygen atoms in total. The maximum Gasteiger partial charge on any atom is 0.253 e. The van der Waals surface area contributed by atoms with Gasteiger partial charge in [-0.1, -0.05) is 55.8 Å². The first-order valence-electron chi connectivity index (χ1n) is 13.3. The fourth-order valence-electron chi connectivity index (χ4n) is 4.84. The van der Waals surface area contributed by atoms with Gasteiger partial charge in [-0.15, -0.1) is 0 Å². The van der Waals surface area contributed by atoms with Crippen molar-refractivity contribution in [3.63, 3.8) is 0 Å². The highest BCUT2D eigenvalue weighted by Crippen LogP contribution is 2.30. The fraction of sp³-hybridized carbons (Fsp3) is 0.355. The molecule has 6 heteroatoms. The Balaban J connectivity index is 1.47. The number of benzene rings is 3. The summed E-state index contributed by atoms with van der Waals surface area (Å²) in [7, 11) is 0. The molecule has 2 amide bonds. The first-order valence-corrected chi connectivity index (χ1v) is 13.3. The van der Waals surface area contributed by atoms with Crippen LogP contribution in [0.25, 0.3) is 0 Å². The molecule has 3 aromatic rings. The minimum atomic E-state index is -0.306. The third-order valence-electron chi connectivity index (χ3n) is 6.97. The van der Waals surface area contributed by atoms with Gasteiger partial charge in [0.25, 0.3) is 5.91 Å². The maximum atomic E-state index is 13.3. The molecule has 1 fully saturated rings. The van der Waals surface area contributed by atoms with Crippen LogP contribution < -0.4 is 15.5 Å². The summed E-state index contributed by atoms with van der Waals surface area (Å²) in [5, 5.41) is 5.91. The number of nitrogens with zero attached hydrogens (tertiary/aromatic N) is 1. The Morgan fingerprint density at radius 3 is 2.38 bits per heavy atom. The van der Waals surface area contributed by atoms with E-state index in [1.54, 1.807) is 18.2 Å². The quantitative estimate of drug-likeness (QED) is 0.341. The molecule has 4 rings (SSSR count). The van der Waals surface area contributed by atoms with E-state index in [2.05, 4.69) is 46.7 Å². The van der Waals surface area contributed by atoms with Crippen molar-refractivity contribution in [2.75, 3.05) is 23.3 Å². The molecule has 0 atom stereocenters. The Bertz CT molecular complexity index is 1170. The average Bonchev–Trinajstić information content (AvgIpc) is 2.92. The highest BCUT2D eigenvalue weighted by molar-refractivity contribution is 6.02. The Morgan fingerprint density at radius 1 is 0.946 bits per heavy atom. The van der Waals surface area contributed by atoms with Gasteiger partial charge in [-0.3, -0.25) is 9.59 Å². The molecule has 1 saturated heterocycles. The van der Waals surface area contributed by atoms with Crippen LogP contribution >= 0.6 is 0 Å². The summed E-state index contributed by atoms with van der Waals surface area (Å²) in [6.07, 6.45) is 5.42. The first-order chi connectivity index (χ1) is 18.0. The summed E-state index contributed by atoms with van der Waals surface area (Å²) >= 11 is 0. The first kappa shape index (κ1) is 26.4. The van der Waals surface area contributed by atoms with Crippen molar-refractivity contribution in [2.45, 2.75) is 52.0 Å². The number of unbranched alkanes of at least 4 members (excludes halogenated alkanes) is 1. The van der Waals surface area contributed by atoms with Gasteiger partial charge < -0.3 is 15.5 Å². The molecule has 3 aromatic carbocycles. The van der Waals surface area contributed by atoms with Crippen LogP contribution in [0.4, 0.5) is 15.8 Å². The topological polar surface area (TPSA) is 61.4 Å². The second-order valence-corrected chi connectivity index (χ2v) is 9.81. The molecule has 0 unspecified atom stereocenters. The highest BCUT2D eigenvalue weighted by atomic mass is 19.1. The Hall–Kier alpha value is -3.67. The largest absolute Gasteiger partial charge is 0.371 e. The van der Waals surface area contributed by atoms with E-state index >= 15 is 0 Å². The summed E-state index contributed by atoms with van der Waals surface area (Å²) in [5.41, 5.74) is 4.22. The Morgan fingerprint density at radius 2 is 1.68 bits per heavy atom. The zero-order valence-electron chi connectivity index (χ0n) is 21.5. The van der Waals surface area contributed by atoms with Crippen molar-refractivity contribution in [3.8, 4) is 0 Å². The lowest BCUT2D eigenvalue weighted by Crippen LogP contribution is -2.36. The van der Waals surface area contributed by atoms with Crippen molar-refractivity contribution < 1.29 is 14.0 Å². The lowest BCUT2D eigenvalue weighted by Gasteiger charge is -2.35. The number of hydrogen-bond acceptors (Lipinski definition) is 3. The van der Waals surface area contributed by atoms with Gasteiger partial charge >= 0.3 is 0 Å². The summed E-state index contributed by atoms with van der Waals surface area (Å²) in [5.74, 6) is 0.0514. The van der Waals surface area contributed by atoms with Gasteiger partial charge in [0.05, 0.1) is 5.56 Å². The summed E-state index contributed by atoms with van der Waals surface area (Å²) in [6, 6.07) is 22.3. The molecule has 1 heterocycles. The molecule has 37 heavy (non-hydrogen) atoms. The number of carbonyl (C=O) groups is 2. The molecule has 0 saturated carbocycles. The molecule has 0 radical (unpaired) electrons. The lowest BCUT2D eigenvalue weighted by atomic mass is 9.89. The lowest BCUT2D eigenvalue weighted by molar-refractivity contribution is -0.116. The predicted octanol–water partition coefficient (Wildman–Crippen LogP) is 6.34. The minimum Gasteiger partial charge on any atom is -0.371 e. The fourth-order valence-corrected chi connectivity index (χ4v) is 4.84. The van der Waals surface area contributed by atoms with Crippen molar-refractivity contribution in [3.05, 3.63) is 95.3 Å². The molecule has 2 N–H and O–H groups in total. The smallest absolute Gasteiger partial charge is 0.253 e. The zero-order chi connectivity index (χ0) is 26.0. The molecule has 1 aliphatic heterocycles. The summed E-state index contributed by atoms with van der Waals surface area (Å²) in [4.78, 5) is 27.9. The van der Waals surface area contributed by atoms with E-state index in [0.29, 0.717) is 30.1 Å². The molecule has 0 aliphatic carbocycles. The van der Waals surface area contributed by atoms with E-state index in [1.165, 1.54) is 17.7 Å². The number of hydrogen-bond donors (Lipinski definition) is 2. The van der Waals surface area contributed by atoms with E-state index in [9.17, 15) is 14.0 Å². The van der Waals surface area contributed by atoms with Crippen LogP contribution in [0.3, 0.4) is 0 Å². The van der Waals surface area contributed by atoms with Crippen LogP contribution in [0.15, 0.2) is 72.8 Å². The van der Waals surface area contributed by atoms with Crippen LogP contribution in [-0.2, 0) is 17.8 Å². The predicted molar refractivity (Wildman–Crippen MR) is 147 cm³/mol. The van der Waals surface area contributed by atoms with E-state index in [0.717, 1.165) is 56.4 Å². The SMILES string of the molecule is CCCCC(=O)Nc1ccc(N2CCC(Cc3ccccc3)CC2)c(C(=O)NCc2ccc(F)cc2)c1. The molecular weight excluding hydrogens is 465 g/mol. The Labute approximate surface area is 219 Å². The van der Waals surface area contributed by atoms with Gasteiger partial charge in [0.1, 0.15) is 5.82 Å². The normalized spacial score (nSPS) is 13.8. The zero-order valence-corrected chi connectivity index (χ0v) is 21.5. The molecule has 0 aromatic heterocycles. The molecule has 0 bridgehead atoms. The number of nitrogens with one attached hydrogen (secondary N) is 2. The van der Waals surface area contributed by atoms with Crippen LogP contribution in [-0.4, -0.2) is 24.9 Å². The molecule has 194 valence electrons. The number of halogens is 1. The van der Waals surface area contributed by atoms with E-state index in [-0.39, 0.29) is 17.6 Å². The number of carbonyl (C=O) groups excluding carboxylic acids is 2. The van der Waals surface area contributed by atoms with E-state index < -0.39 is 0 Å². The van der Waals surface area contributed by atoms with Crippen LogP contribution in [0.1, 0.15) is 60.5 Å². The van der Waals surface area contributed by atoms with Gasteiger partial charge in [0, 0.05) is 37.4 Å². The van der Waals surface area contributed by atoms with Crippen molar-refractivity contribution in [1.82, 2.24) is 5.32 Å². The van der Waals surface area contributed by atoms with Gasteiger partial charge in [-0.05, 0) is 73.1 Å². The van der Waals surface area contributed by atoms with Crippen LogP contribution in [0, 0.1) is 11.7 Å². The summed E-state index contributed by atoms with van der Waals surface area (Å²) < 4.78 is 13.3. The molecule has 1 aliphatic rings. The van der Waals surface area contributed by atoms with Crippen molar-refractivity contribution >= 4 is 23.2 Å². The van der Waals surface area contributed by atoms with Gasteiger partial charge in [-0.2, -0.15) is 0 Å². The minimum absolute atomic E-state index is 0.0472. The summed E-state index contributed by atoms with van der Waals surface area (Å²) in [6.45, 7) is 4.09. The second-order valence-electron chi connectivity index (χ2n) is 9.81. The number of amides is 2. The van der Waals surface area contributed by atoms with Crippen molar-refractivity contribution in [1.29, 1.82) is 0 Å². The maximum absolute atomic E-state index is 13.3. The highest BCUT2D eigenvalue weighted by Gasteiger charge is 2.24. The van der Waals surface area contributed by atoms with E-state index in [1.807, 2.05) is 18.2 Å². The Kier molecular flexibility index (Phi) is 9.30. The van der Waals surface area contributed by atoms with E-state index in [4.69, 9.17) is 0 Å². The standard InChI is InChI=1S/C31H36FN3O2/c1-2-3-9-30(36)34-27-14-15-29(28(21-27)31(37)33-22-25-10-12-26(32)13-11-25)35-18-16-24(17-19-35)20-23-7-5-4-6-8-23/h4-8,10-15,21,24H,2-3,9,16-20,22H2,1H3,(H,33,37)(H,34,36). The number of piperidine rings is 1. The number of rotatable bonds is 10. The third-order valence-corrected chi connectivity index (χ3v) is 6.97. The molecular formula is C31H36FN3O2. The second kappa shape index (κ2) is 13.0. The van der Waals surface area contributed by atoms with Crippen LogP contribution in [0.5, 0.6) is 0 Å². The average molecular weight is 502 g/mol. The van der Waals surface area contributed by atoms with Gasteiger partial charge in [-0.25, -0.2) is 4.39 Å². The van der Waals surface area contributed by atoms with Gasteiger partial charge in [0.2, 0.25) is 5.91 Å². The van der Waals surface area contributed by atoms with Gasteiger partial charge in [0.15, 0.2) is 0 Å². The van der Waals surface area contributed by atoms with Crippen molar-refractivity contribution in [2.24, 2.45) is 5.92 Å². The van der Waals surface area contributed by atoms with Crippen LogP contribution in [0.2, 0.25) is 0 Å². The third kappa shape index (κ3) is 7.66. The monoisotopic (exact) mass is 501 g/mol. The molecule has 0 spiro atoms.